The first-order chi connectivity index (χ1) is 7.18. The predicted octanol–water partition coefficient (Wildman–Crippen LogP) is 2.97. The van der Waals surface area contributed by atoms with Crippen molar-refractivity contribution in [3.05, 3.63) is 28.2 Å². The lowest BCUT2D eigenvalue weighted by molar-refractivity contribution is -0.136. The zero-order valence-corrected chi connectivity index (χ0v) is 9.31. The maximum Gasteiger partial charge on any atom is 0.303 e. The number of aryl methyl sites for hydroxylation is 1. The molecule has 78 valence electrons. The molecule has 2 aromatic rings. The van der Waals surface area contributed by atoms with Crippen LogP contribution in [0.1, 0.15) is 12.0 Å². The molecule has 1 aromatic heterocycles. The number of thiazole rings is 1. The molecule has 0 aliphatic rings. The summed E-state index contributed by atoms with van der Waals surface area (Å²) in [7, 11) is 0. The average molecular weight is 242 g/mol. The number of fused-ring (bicyclic) bond motifs is 1. The van der Waals surface area contributed by atoms with E-state index in [1.807, 2.05) is 6.07 Å². The minimum atomic E-state index is -0.821. The van der Waals surface area contributed by atoms with Gasteiger partial charge in [0.15, 0.2) is 0 Å². The molecule has 0 saturated heterocycles. The van der Waals surface area contributed by atoms with Crippen LogP contribution in [0.15, 0.2) is 17.6 Å². The van der Waals surface area contributed by atoms with Gasteiger partial charge in [0.25, 0.3) is 0 Å². The van der Waals surface area contributed by atoms with E-state index in [0.717, 1.165) is 15.8 Å². The highest BCUT2D eigenvalue weighted by molar-refractivity contribution is 7.16. The minimum absolute atomic E-state index is 0.0797. The van der Waals surface area contributed by atoms with Gasteiger partial charge in [-0.1, -0.05) is 11.6 Å². The quantitative estimate of drug-likeness (QED) is 0.899. The van der Waals surface area contributed by atoms with E-state index >= 15 is 0 Å². The maximum absolute atomic E-state index is 10.5. The lowest BCUT2D eigenvalue weighted by Crippen LogP contribution is -1.98. The van der Waals surface area contributed by atoms with Crippen molar-refractivity contribution in [1.29, 1.82) is 0 Å². The summed E-state index contributed by atoms with van der Waals surface area (Å²) in [5.41, 5.74) is 3.40. The molecule has 0 unspecified atom stereocenters. The van der Waals surface area contributed by atoms with Crippen molar-refractivity contribution >= 4 is 39.1 Å². The fraction of sp³-hybridized carbons (Fsp3) is 0.200. The van der Waals surface area contributed by atoms with Gasteiger partial charge >= 0.3 is 5.97 Å². The zero-order chi connectivity index (χ0) is 10.8. The van der Waals surface area contributed by atoms with E-state index in [-0.39, 0.29) is 6.42 Å². The van der Waals surface area contributed by atoms with Crippen LogP contribution in [-0.2, 0) is 11.2 Å². The molecule has 1 aromatic carbocycles. The highest BCUT2D eigenvalue weighted by Crippen LogP contribution is 2.28. The fourth-order valence-electron chi connectivity index (χ4n) is 1.43. The van der Waals surface area contributed by atoms with Gasteiger partial charge in [-0.2, -0.15) is 0 Å². The van der Waals surface area contributed by atoms with Crippen LogP contribution in [0.2, 0.25) is 5.02 Å². The Hall–Kier alpha value is -1.13. The largest absolute Gasteiger partial charge is 0.481 e. The van der Waals surface area contributed by atoms with Gasteiger partial charge in [0.05, 0.1) is 15.7 Å². The molecule has 15 heavy (non-hydrogen) atoms. The molecule has 0 aliphatic heterocycles. The summed E-state index contributed by atoms with van der Waals surface area (Å²) in [5, 5.41) is 9.22. The molecule has 2 rings (SSSR count). The van der Waals surface area contributed by atoms with Gasteiger partial charge in [0.2, 0.25) is 0 Å². The second-order valence-corrected chi connectivity index (χ2v) is 4.41. The van der Waals surface area contributed by atoms with Gasteiger partial charge in [-0.05, 0) is 24.1 Å². The molecule has 0 fully saturated rings. The van der Waals surface area contributed by atoms with Crippen molar-refractivity contribution in [1.82, 2.24) is 4.98 Å². The summed E-state index contributed by atoms with van der Waals surface area (Å²) in [6, 6.07) is 3.69. The van der Waals surface area contributed by atoms with Gasteiger partial charge in [0.1, 0.15) is 0 Å². The third-order valence-corrected chi connectivity index (χ3v) is 3.29. The molecule has 0 atom stereocenters. The van der Waals surface area contributed by atoms with Crippen LogP contribution in [0.3, 0.4) is 0 Å². The Balaban J connectivity index is 2.42. The van der Waals surface area contributed by atoms with Crippen LogP contribution in [0, 0.1) is 0 Å². The Kier molecular flexibility index (Phi) is 2.88. The molecule has 5 heteroatoms. The van der Waals surface area contributed by atoms with Crippen LogP contribution in [-0.4, -0.2) is 16.1 Å². The number of aliphatic carboxylic acids is 1. The smallest absolute Gasteiger partial charge is 0.303 e. The monoisotopic (exact) mass is 241 g/mol. The number of halogens is 1. The number of carbonyl (C=O) groups is 1. The third-order valence-electron chi connectivity index (χ3n) is 2.14. The molecule has 1 heterocycles. The van der Waals surface area contributed by atoms with Gasteiger partial charge in [-0.25, -0.2) is 4.98 Å². The number of benzene rings is 1. The number of carboxylic acid groups (broad SMARTS) is 1. The van der Waals surface area contributed by atoms with Gasteiger partial charge < -0.3 is 5.11 Å². The molecule has 0 bridgehead atoms. The lowest BCUT2D eigenvalue weighted by atomic mass is 10.1. The summed E-state index contributed by atoms with van der Waals surface area (Å²) in [6.45, 7) is 0. The first-order valence-electron chi connectivity index (χ1n) is 4.41. The topological polar surface area (TPSA) is 50.2 Å². The van der Waals surface area contributed by atoms with Crippen LogP contribution >= 0.6 is 22.9 Å². The van der Waals surface area contributed by atoms with E-state index in [2.05, 4.69) is 4.98 Å². The Labute approximate surface area is 95.3 Å². The van der Waals surface area contributed by atoms with E-state index in [1.165, 1.54) is 11.3 Å². The van der Waals surface area contributed by atoms with Crippen molar-refractivity contribution in [3.63, 3.8) is 0 Å². The maximum atomic E-state index is 10.5. The summed E-state index contributed by atoms with van der Waals surface area (Å²) in [6.07, 6.45) is 0.506. The molecule has 0 spiro atoms. The Morgan fingerprint density at radius 1 is 1.53 bits per heavy atom. The molecule has 0 amide bonds. The Morgan fingerprint density at radius 3 is 3.07 bits per heavy atom. The number of nitrogens with zero attached hydrogens (tertiary/aromatic N) is 1. The first-order valence-corrected chi connectivity index (χ1v) is 5.66. The summed E-state index contributed by atoms with van der Waals surface area (Å²) in [4.78, 5) is 14.7. The van der Waals surface area contributed by atoms with Crippen LogP contribution in [0.4, 0.5) is 0 Å². The molecular weight excluding hydrogens is 234 g/mol. The molecular formula is C10H8ClNO2S. The molecule has 0 aliphatic carbocycles. The van der Waals surface area contributed by atoms with E-state index in [4.69, 9.17) is 16.7 Å². The van der Waals surface area contributed by atoms with E-state index in [9.17, 15) is 4.79 Å². The van der Waals surface area contributed by atoms with Crippen molar-refractivity contribution < 1.29 is 9.90 Å². The number of hydrogen-bond donors (Lipinski definition) is 1. The van der Waals surface area contributed by atoms with Crippen LogP contribution < -0.4 is 0 Å². The van der Waals surface area contributed by atoms with Crippen molar-refractivity contribution in [3.8, 4) is 0 Å². The number of rotatable bonds is 3. The standard InChI is InChI=1S/C10H8ClNO2S/c11-7-2-3-8-10(12-5-15-8)6(7)1-4-9(13)14/h2-3,5H,1,4H2,(H,13,14). The molecule has 1 N–H and O–H groups in total. The summed E-state index contributed by atoms with van der Waals surface area (Å²) in [5.74, 6) is -0.821. The third kappa shape index (κ3) is 2.11. The summed E-state index contributed by atoms with van der Waals surface area (Å²) >= 11 is 7.54. The Bertz CT molecular complexity index is 509. The normalized spacial score (nSPS) is 10.7. The zero-order valence-electron chi connectivity index (χ0n) is 7.74. The highest BCUT2D eigenvalue weighted by atomic mass is 35.5. The molecule has 0 radical (unpaired) electrons. The fourth-order valence-corrected chi connectivity index (χ4v) is 2.39. The van der Waals surface area contributed by atoms with Gasteiger partial charge in [-0.15, -0.1) is 11.3 Å². The van der Waals surface area contributed by atoms with Gasteiger partial charge in [-0.3, -0.25) is 4.79 Å². The van der Waals surface area contributed by atoms with Gasteiger partial charge in [0, 0.05) is 11.4 Å². The SMILES string of the molecule is O=C(O)CCc1c(Cl)ccc2scnc12. The average Bonchev–Trinajstić information content (AvgIpc) is 2.63. The second kappa shape index (κ2) is 4.16. The number of aromatic nitrogens is 1. The van der Waals surface area contributed by atoms with E-state index < -0.39 is 5.97 Å². The highest BCUT2D eigenvalue weighted by Gasteiger charge is 2.10. The van der Waals surface area contributed by atoms with Crippen LogP contribution in [0.5, 0.6) is 0 Å². The molecule has 0 saturated carbocycles. The minimum Gasteiger partial charge on any atom is -0.481 e. The lowest BCUT2D eigenvalue weighted by Gasteiger charge is -2.02. The number of hydrogen-bond acceptors (Lipinski definition) is 3. The predicted molar refractivity (Wildman–Crippen MR) is 60.6 cm³/mol. The summed E-state index contributed by atoms with van der Waals surface area (Å²) < 4.78 is 1.04. The van der Waals surface area contributed by atoms with Crippen molar-refractivity contribution in [2.24, 2.45) is 0 Å². The van der Waals surface area contributed by atoms with E-state index in [0.29, 0.717) is 11.4 Å². The van der Waals surface area contributed by atoms with Crippen LogP contribution in [0.25, 0.3) is 10.2 Å². The van der Waals surface area contributed by atoms with Crippen molar-refractivity contribution in [2.75, 3.05) is 0 Å². The molecule has 3 nitrogen and oxygen atoms in total. The van der Waals surface area contributed by atoms with E-state index in [1.54, 1.807) is 11.6 Å². The number of carboxylic acids is 1. The Morgan fingerprint density at radius 2 is 2.33 bits per heavy atom. The van der Waals surface area contributed by atoms with Crippen molar-refractivity contribution in [2.45, 2.75) is 12.8 Å². The first kappa shape index (κ1) is 10.4. The second-order valence-electron chi connectivity index (χ2n) is 3.12.